The maximum Gasteiger partial charge on any atom is 0.239 e. The van der Waals surface area contributed by atoms with Gasteiger partial charge in [-0.3, -0.25) is 4.79 Å². The number of amides is 1. The van der Waals surface area contributed by atoms with Gasteiger partial charge in [-0.2, -0.15) is 11.3 Å². The standard InChI is InChI=1S/C18H22N2O2S/c21-18(19-10-15-6-8-22-13-15)12-20(11-16-7-9-23-14-16)17-4-2-1-3-5-17/h1-5,7,9,14-15H,6,8,10-13H2,(H,19,21)/t15-/m0/s1. The van der Waals surface area contributed by atoms with Crippen molar-refractivity contribution in [3.8, 4) is 0 Å². The molecular weight excluding hydrogens is 308 g/mol. The van der Waals surface area contributed by atoms with Crippen molar-refractivity contribution in [2.24, 2.45) is 5.92 Å². The molecule has 0 spiro atoms. The normalized spacial score (nSPS) is 17.1. The van der Waals surface area contributed by atoms with E-state index in [1.807, 2.05) is 30.3 Å². The van der Waals surface area contributed by atoms with Crippen molar-refractivity contribution in [1.82, 2.24) is 5.32 Å². The molecule has 1 fully saturated rings. The van der Waals surface area contributed by atoms with Crippen LogP contribution in [0.5, 0.6) is 0 Å². The van der Waals surface area contributed by atoms with Crippen LogP contribution >= 0.6 is 11.3 Å². The van der Waals surface area contributed by atoms with Crippen molar-refractivity contribution in [1.29, 1.82) is 0 Å². The number of para-hydroxylation sites is 1. The lowest BCUT2D eigenvalue weighted by Gasteiger charge is -2.24. The van der Waals surface area contributed by atoms with Crippen LogP contribution < -0.4 is 10.2 Å². The second kappa shape index (κ2) is 8.13. The Hall–Kier alpha value is -1.85. The molecule has 1 aromatic carbocycles. The molecule has 1 aliphatic rings. The first-order valence-electron chi connectivity index (χ1n) is 7.97. The maximum atomic E-state index is 12.3. The zero-order chi connectivity index (χ0) is 15.9. The van der Waals surface area contributed by atoms with Gasteiger partial charge in [-0.05, 0) is 40.9 Å². The number of thiophene rings is 1. The fourth-order valence-corrected chi connectivity index (χ4v) is 3.37. The van der Waals surface area contributed by atoms with E-state index in [1.54, 1.807) is 11.3 Å². The van der Waals surface area contributed by atoms with E-state index in [0.717, 1.165) is 31.9 Å². The number of anilines is 1. The van der Waals surface area contributed by atoms with E-state index in [9.17, 15) is 4.79 Å². The molecule has 0 saturated carbocycles. The van der Waals surface area contributed by atoms with Gasteiger partial charge in [0.25, 0.3) is 0 Å². The average Bonchev–Trinajstić information content (AvgIpc) is 3.27. The van der Waals surface area contributed by atoms with Crippen LogP contribution in [-0.4, -0.2) is 32.2 Å². The van der Waals surface area contributed by atoms with Gasteiger partial charge >= 0.3 is 0 Å². The number of hydrogen-bond acceptors (Lipinski definition) is 4. The highest BCUT2D eigenvalue weighted by atomic mass is 32.1. The number of ether oxygens (including phenoxy) is 1. The summed E-state index contributed by atoms with van der Waals surface area (Å²) in [5.74, 6) is 0.525. The van der Waals surface area contributed by atoms with Gasteiger partial charge < -0.3 is 15.0 Å². The van der Waals surface area contributed by atoms with E-state index in [0.29, 0.717) is 19.0 Å². The molecule has 122 valence electrons. The molecule has 3 rings (SSSR count). The van der Waals surface area contributed by atoms with Crippen LogP contribution in [0.2, 0.25) is 0 Å². The first kappa shape index (κ1) is 16.0. The molecule has 2 heterocycles. The van der Waals surface area contributed by atoms with Gasteiger partial charge in [0, 0.05) is 31.3 Å². The highest BCUT2D eigenvalue weighted by Gasteiger charge is 2.17. The molecule has 0 radical (unpaired) electrons. The molecule has 1 aromatic heterocycles. The summed E-state index contributed by atoms with van der Waals surface area (Å²) in [6.45, 7) is 3.40. The smallest absolute Gasteiger partial charge is 0.239 e. The average molecular weight is 330 g/mol. The van der Waals surface area contributed by atoms with Crippen molar-refractivity contribution in [2.45, 2.75) is 13.0 Å². The summed E-state index contributed by atoms with van der Waals surface area (Å²) in [6.07, 6.45) is 1.04. The highest BCUT2D eigenvalue weighted by molar-refractivity contribution is 7.07. The van der Waals surface area contributed by atoms with E-state index in [-0.39, 0.29) is 5.91 Å². The number of rotatable bonds is 7. The summed E-state index contributed by atoms with van der Waals surface area (Å²) < 4.78 is 5.35. The summed E-state index contributed by atoms with van der Waals surface area (Å²) in [5, 5.41) is 7.24. The Bertz CT molecular complexity index is 595. The van der Waals surface area contributed by atoms with Crippen LogP contribution in [0.25, 0.3) is 0 Å². The largest absolute Gasteiger partial charge is 0.381 e. The van der Waals surface area contributed by atoms with E-state index in [2.05, 4.69) is 27.0 Å². The van der Waals surface area contributed by atoms with Gasteiger partial charge in [-0.1, -0.05) is 18.2 Å². The van der Waals surface area contributed by atoms with Crippen molar-refractivity contribution in [3.05, 3.63) is 52.7 Å². The van der Waals surface area contributed by atoms with Crippen LogP contribution in [0.1, 0.15) is 12.0 Å². The third-order valence-corrected chi connectivity index (χ3v) is 4.75. The van der Waals surface area contributed by atoms with Crippen molar-refractivity contribution in [2.75, 3.05) is 31.2 Å². The van der Waals surface area contributed by atoms with E-state index >= 15 is 0 Å². The molecular formula is C18H22N2O2S. The molecule has 0 bridgehead atoms. The maximum absolute atomic E-state index is 12.3. The van der Waals surface area contributed by atoms with Gasteiger partial charge in [-0.15, -0.1) is 0 Å². The Morgan fingerprint density at radius 2 is 2.17 bits per heavy atom. The Labute approximate surface area is 141 Å². The Kier molecular flexibility index (Phi) is 5.66. The first-order valence-corrected chi connectivity index (χ1v) is 8.91. The molecule has 1 saturated heterocycles. The van der Waals surface area contributed by atoms with Gasteiger partial charge in [-0.25, -0.2) is 0 Å². The number of carbonyl (C=O) groups excluding carboxylic acids is 1. The zero-order valence-electron chi connectivity index (χ0n) is 13.1. The minimum atomic E-state index is 0.0657. The second-order valence-corrected chi connectivity index (χ2v) is 6.64. The third kappa shape index (κ3) is 4.81. The van der Waals surface area contributed by atoms with Crippen molar-refractivity contribution < 1.29 is 9.53 Å². The lowest BCUT2D eigenvalue weighted by Crippen LogP contribution is -2.39. The molecule has 2 aromatic rings. The lowest BCUT2D eigenvalue weighted by molar-refractivity contribution is -0.120. The lowest BCUT2D eigenvalue weighted by atomic mass is 10.1. The minimum Gasteiger partial charge on any atom is -0.381 e. The number of carbonyl (C=O) groups is 1. The summed E-state index contributed by atoms with van der Waals surface area (Å²) in [7, 11) is 0. The molecule has 0 aliphatic carbocycles. The second-order valence-electron chi connectivity index (χ2n) is 5.86. The monoisotopic (exact) mass is 330 g/mol. The summed E-state index contributed by atoms with van der Waals surface area (Å²) in [5.41, 5.74) is 2.30. The predicted molar refractivity (Wildman–Crippen MR) is 93.7 cm³/mol. The molecule has 23 heavy (non-hydrogen) atoms. The number of nitrogens with zero attached hydrogens (tertiary/aromatic N) is 1. The summed E-state index contributed by atoms with van der Waals surface area (Å²) >= 11 is 1.68. The van der Waals surface area contributed by atoms with Crippen molar-refractivity contribution in [3.63, 3.8) is 0 Å². The molecule has 1 aliphatic heterocycles. The van der Waals surface area contributed by atoms with Gasteiger partial charge in [0.05, 0.1) is 13.2 Å². The highest BCUT2D eigenvalue weighted by Crippen LogP contribution is 2.18. The zero-order valence-corrected chi connectivity index (χ0v) is 13.9. The van der Waals surface area contributed by atoms with Crippen LogP contribution in [0, 0.1) is 5.92 Å². The van der Waals surface area contributed by atoms with E-state index in [4.69, 9.17) is 4.74 Å². The summed E-state index contributed by atoms with van der Waals surface area (Å²) in [4.78, 5) is 14.4. The minimum absolute atomic E-state index is 0.0657. The third-order valence-electron chi connectivity index (χ3n) is 4.02. The quantitative estimate of drug-likeness (QED) is 0.849. The molecule has 5 heteroatoms. The van der Waals surface area contributed by atoms with Gasteiger partial charge in [0.1, 0.15) is 0 Å². The molecule has 1 N–H and O–H groups in total. The molecule has 1 atom stereocenters. The van der Waals surface area contributed by atoms with Crippen LogP contribution in [0.3, 0.4) is 0 Å². The predicted octanol–water partition coefficient (Wildman–Crippen LogP) is 2.91. The molecule has 0 unspecified atom stereocenters. The Morgan fingerprint density at radius 1 is 1.30 bits per heavy atom. The Morgan fingerprint density at radius 3 is 2.87 bits per heavy atom. The Balaban J connectivity index is 1.59. The number of nitrogens with one attached hydrogen (secondary N) is 1. The fraction of sp³-hybridized carbons (Fsp3) is 0.389. The van der Waals surface area contributed by atoms with Crippen LogP contribution in [-0.2, 0) is 16.1 Å². The topological polar surface area (TPSA) is 41.6 Å². The first-order chi connectivity index (χ1) is 11.3. The van der Waals surface area contributed by atoms with Gasteiger partial charge in [0.15, 0.2) is 0 Å². The van der Waals surface area contributed by atoms with Gasteiger partial charge in [0.2, 0.25) is 5.91 Å². The van der Waals surface area contributed by atoms with Crippen LogP contribution in [0.15, 0.2) is 47.2 Å². The summed E-state index contributed by atoms with van der Waals surface area (Å²) in [6, 6.07) is 12.2. The van der Waals surface area contributed by atoms with Crippen LogP contribution in [0.4, 0.5) is 5.69 Å². The number of hydrogen-bond donors (Lipinski definition) is 1. The fourth-order valence-electron chi connectivity index (χ4n) is 2.71. The van der Waals surface area contributed by atoms with E-state index in [1.165, 1.54) is 5.56 Å². The SMILES string of the molecule is O=C(CN(Cc1ccsc1)c1ccccc1)NC[C@@H]1CCOC1. The molecule has 1 amide bonds. The number of benzene rings is 1. The van der Waals surface area contributed by atoms with E-state index < -0.39 is 0 Å². The molecule has 4 nitrogen and oxygen atoms in total. The van der Waals surface area contributed by atoms with Crippen molar-refractivity contribution >= 4 is 22.9 Å².